The minimum atomic E-state index is 0.0647. The Morgan fingerprint density at radius 2 is 1.35 bits per heavy atom. The first-order chi connectivity index (χ1) is 12.8. The van der Waals surface area contributed by atoms with E-state index in [0.29, 0.717) is 5.92 Å². The minimum Gasteiger partial charge on any atom is -0.326 e. The van der Waals surface area contributed by atoms with E-state index in [1.165, 1.54) is 5.56 Å². The molecule has 4 heteroatoms. The molecular weight excluding hydrogens is 322 g/mol. The highest BCUT2D eigenvalue weighted by molar-refractivity contribution is 5.95. The summed E-state index contributed by atoms with van der Waals surface area (Å²) in [4.78, 5) is 12.4. The van der Waals surface area contributed by atoms with E-state index in [2.05, 4.69) is 27.7 Å². The van der Waals surface area contributed by atoms with E-state index in [4.69, 9.17) is 0 Å². The van der Waals surface area contributed by atoms with Gasteiger partial charge in [-0.3, -0.25) is 4.79 Å². The highest BCUT2D eigenvalue weighted by atomic mass is 16.2. The van der Waals surface area contributed by atoms with Crippen LogP contribution in [0.25, 0.3) is 0 Å². The highest BCUT2D eigenvalue weighted by Crippen LogP contribution is 2.47. The lowest BCUT2D eigenvalue weighted by molar-refractivity contribution is -0.117. The summed E-state index contributed by atoms with van der Waals surface area (Å²) in [7, 11) is 0. The van der Waals surface area contributed by atoms with Gasteiger partial charge in [0.15, 0.2) is 0 Å². The van der Waals surface area contributed by atoms with Gasteiger partial charge in [-0.25, -0.2) is 0 Å². The molecule has 1 N–H and O–H groups in total. The third-order valence-electron chi connectivity index (χ3n) is 4.53. The molecule has 2 atom stereocenters. The summed E-state index contributed by atoms with van der Waals surface area (Å²) in [6, 6.07) is 27.2. The first kappa shape index (κ1) is 16.2. The molecule has 26 heavy (non-hydrogen) atoms. The third kappa shape index (κ3) is 3.86. The number of nitrogens with zero attached hydrogens (tertiary/aromatic N) is 2. The SMILES string of the molecule is O=C(Nc1ccc(N=Nc2ccccc2)cc1)[C@H]1C[C@@H]1c1ccccc1. The second-order valence-corrected chi connectivity index (χ2v) is 6.43. The van der Waals surface area contributed by atoms with E-state index in [1.54, 1.807) is 0 Å². The molecule has 3 aromatic rings. The van der Waals surface area contributed by atoms with Gasteiger partial charge in [0.05, 0.1) is 11.4 Å². The van der Waals surface area contributed by atoms with Gasteiger partial charge in [-0.1, -0.05) is 48.5 Å². The number of carbonyl (C=O) groups is 1. The molecule has 0 saturated heterocycles. The molecule has 1 aliphatic rings. The standard InChI is InChI=1S/C22H19N3O/c26-22(21-15-20(21)16-7-3-1-4-8-16)23-17-11-13-19(14-12-17)25-24-18-9-5-2-6-10-18/h1-14,20-21H,15H2,(H,23,26)/t20-,21+/m1/s1. The number of carbonyl (C=O) groups excluding carboxylic acids is 1. The van der Waals surface area contributed by atoms with Crippen LogP contribution in [0.1, 0.15) is 17.9 Å². The zero-order valence-electron chi connectivity index (χ0n) is 14.2. The molecule has 0 bridgehead atoms. The zero-order valence-corrected chi connectivity index (χ0v) is 14.2. The van der Waals surface area contributed by atoms with Crippen molar-refractivity contribution in [1.29, 1.82) is 0 Å². The predicted molar refractivity (Wildman–Crippen MR) is 103 cm³/mol. The topological polar surface area (TPSA) is 53.8 Å². The Labute approximate surface area is 152 Å². The average molecular weight is 341 g/mol. The largest absolute Gasteiger partial charge is 0.326 e. The Hall–Kier alpha value is -3.27. The maximum Gasteiger partial charge on any atom is 0.228 e. The summed E-state index contributed by atoms with van der Waals surface area (Å²) in [5.74, 6) is 0.488. The van der Waals surface area contributed by atoms with Gasteiger partial charge < -0.3 is 5.32 Å². The Bertz CT molecular complexity index is 905. The number of anilines is 1. The number of hydrogen-bond donors (Lipinski definition) is 1. The molecule has 1 aliphatic carbocycles. The van der Waals surface area contributed by atoms with Crippen molar-refractivity contribution in [2.75, 3.05) is 5.32 Å². The normalized spacial score (nSPS) is 18.6. The molecule has 1 saturated carbocycles. The number of azo groups is 1. The van der Waals surface area contributed by atoms with Crippen molar-refractivity contribution in [3.63, 3.8) is 0 Å². The van der Waals surface area contributed by atoms with Crippen LogP contribution in [0.2, 0.25) is 0 Å². The zero-order chi connectivity index (χ0) is 17.8. The van der Waals surface area contributed by atoms with Crippen LogP contribution < -0.4 is 5.32 Å². The molecular formula is C22H19N3O. The summed E-state index contributed by atoms with van der Waals surface area (Å²) in [5.41, 5.74) is 3.59. The average Bonchev–Trinajstić information content (AvgIpc) is 3.50. The van der Waals surface area contributed by atoms with Crippen LogP contribution in [-0.4, -0.2) is 5.91 Å². The maximum atomic E-state index is 12.4. The van der Waals surface area contributed by atoms with E-state index in [9.17, 15) is 4.79 Å². The van der Waals surface area contributed by atoms with E-state index in [-0.39, 0.29) is 11.8 Å². The van der Waals surface area contributed by atoms with Crippen LogP contribution >= 0.6 is 0 Å². The van der Waals surface area contributed by atoms with Gasteiger partial charge in [-0.15, -0.1) is 0 Å². The molecule has 0 aromatic heterocycles. The van der Waals surface area contributed by atoms with Crippen LogP contribution in [0, 0.1) is 5.92 Å². The van der Waals surface area contributed by atoms with Gasteiger partial charge in [0.2, 0.25) is 5.91 Å². The van der Waals surface area contributed by atoms with E-state index < -0.39 is 0 Å². The van der Waals surface area contributed by atoms with Gasteiger partial charge in [0.1, 0.15) is 0 Å². The van der Waals surface area contributed by atoms with Crippen molar-refractivity contribution < 1.29 is 4.79 Å². The smallest absolute Gasteiger partial charge is 0.228 e. The first-order valence-electron chi connectivity index (χ1n) is 8.72. The fourth-order valence-electron chi connectivity index (χ4n) is 3.01. The summed E-state index contributed by atoms with van der Waals surface area (Å²) >= 11 is 0. The fourth-order valence-corrected chi connectivity index (χ4v) is 3.01. The van der Waals surface area contributed by atoms with Crippen molar-refractivity contribution in [2.24, 2.45) is 16.1 Å². The Balaban J connectivity index is 1.35. The van der Waals surface area contributed by atoms with E-state index in [0.717, 1.165) is 23.5 Å². The second-order valence-electron chi connectivity index (χ2n) is 6.43. The van der Waals surface area contributed by atoms with Crippen LogP contribution in [0.15, 0.2) is 95.2 Å². The van der Waals surface area contributed by atoms with Crippen LogP contribution in [0.3, 0.4) is 0 Å². The second kappa shape index (κ2) is 7.31. The van der Waals surface area contributed by atoms with Gasteiger partial charge in [0.25, 0.3) is 0 Å². The molecule has 0 unspecified atom stereocenters. The van der Waals surface area contributed by atoms with Crippen molar-refractivity contribution >= 4 is 23.0 Å². The molecule has 4 nitrogen and oxygen atoms in total. The lowest BCUT2D eigenvalue weighted by Crippen LogP contribution is -2.14. The number of amides is 1. The number of nitrogens with one attached hydrogen (secondary N) is 1. The molecule has 1 fully saturated rings. The monoisotopic (exact) mass is 341 g/mol. The Morgan fingerprint density at radius 1 is 0.769 bits per heavy atom. The minimum absolute atomic E-state index is 0.0647. The summed E-state index contributed by atoms with van der Waals surface area (Å²) in [5, 5.41) is 11.4. The van der Waals surface area contributed by atoms with E-state index >= 15 is 0 Å². The molecule has 0 heterocycles. The lowest BCUT2D eigenvalue weighted by atomic mass is 10.1. The summed E-state index contributed by atoms with van der Waals surface area (Å²) in [6.45, 7) is 0. The Kier molecular flexibility index (Phi) is 4.56. The molecule has 3 aromatic carbocycles. The quantitative estimate of drug-likeness (QED) is 0.582. The molecule has 0 radical (unpaired) electrons. The molecule has 1 amide bonds. The predicted octanol–water partition coefficient (Wildman–Crippen LogP) is 5.84. The van der Waals surface area contributed by atoms with Crippen LogP contribution in [-0.2, 0) is 4.79 Å². The van der Waals surface area contributed by atoms with Gasteiger partial charge in [0, 0.05) is 11.6 Å². The van der Waals surface area contributed by atoms with Crippen molar-refractivity contribution in [3.8, 4) is 0 Å². The van der Waals surface area contributed by atoms with Gasteiger partial charge >= 0.3 is 0 Å². The fraction of sp³-hybridized carbons (Fsp3) is 0.136. The number of benzene rings is 3. The van der Waals surface area contributed by atoms with Crippen molar-refractivity contribution in [3.05, 3.63) is 90.5 Å². The van der Waals surface area contributed by atoms with Gasteiger partial charge in [-0.2, -0.15) is 10.2 Å². The summed E-state index contributed by atoms with van der Waals surface area (Å²) in [6.07, 6.45) is 0.916. The van der Waals surface area contributed by atoms with Crippen LogP contribution in [0.5, 0.6) is 0 Å². The molecule has 0 spiro atoms. The Morgan fingerprint density at radius 3 is 2.00 bits per heavy atom. The molecule has 4 rings (SSSR count). The molecule has 128 valence electrons. The number of hydrogen-bond acceptors (Lipinski definition) is 3. The van der Waals surface area contributed by atoms with Crippen LogP contribution in [0.4, 0.5) is 17.1 Å². The van der Waals surface area contributed by atoms with Crippen molar-refractivity contribution in [1.82, 2.24) is 0 Å². The first-order valence-corrected chi connectivity index (χ1v) is 8.72. The maximum absolute atomic E-state index is 12.4. The highest BCUT2D eigenvalue weighted by Gasteiger charge is 2.43. The lowest BCUT2D eigenvalue weighted by Gasteiger charge is -2.05. The van der Waals surface area contributed by atoms with Gasteiger partial charge in [-0.05, 0) is 54.3 Å². The molecule has 0 aliphatic heterocycles. The van der Waals surface area contributed by atoms with Crippen molar-refractivity contribution in [2.45, 2.75) is 12.3 Å². The van der Waals surface area contributed by atoms with E-state index in [1.807, 2.05) is 72.8 Å². The third-order valence-corrected chi connectivity index (χ3v) is 4.53. The summed E-state index contributed by atoms with van der Waals surface area (Å²) < 4.78 is 0. The number of rotatable bonds is 5.